The molecule has 1 aliphatic carbocycles. The van der Waals surface area contributed by atoms with Crippen molar-refractivity contribution in [3.05, 3.63) is 29.8 Å². The van der Waals surface area contributed by atoms with Crippen LogP contribution in [0.25, 0.3) is 0 Å². The highest BCUT2D eigenvalue weighted by Gasteiger charge is 2.42. The first-order valence-electron chi connectivity index (χ1n) is 7.83. The van der Waals surface area contributed by atoms with E-state index in [4.69, 9.17) is 0 Å². The SMILES string of the molecule is CSc1cccc(CC(=O)N2C[C@H]3C[C@H](O)[C@@H](O)C[C@H]3C2)c1. The van der Waals surface area contributed by atoms with Gasteiger partial charge in [0.25, 0.3) is 0 Å². The average Bonchev–Trinajstić information content (AvgIpc) is 2.91. The Hall–Kier alpha value is -1.04. The minimum atomic E-state index is -0.630. The summed E-state index contributed by atoms with van der Waals surface area (Å²) >= 11 is 1.68. The van der Waals surface area contributed by atoms with Crippen LogP contribution in [0.2, 0.25) is 0 Å². The molecule has 1 amide bonds. The smallest absolute Gasteiger partial charge is 0.227 e. The zero-order valence-corrected chi connectivity index (χ0v) is 13.6. The molecule has 0 bridgehead atoms. The molecule has 0 aromatic heterocycles. The number of hydrogen-bond acceptors (Lipinski definition) is 4. The zero-order chi connectivity index (χ0) is 15.7. The maximum absolute atomic E-state index is 12.5. The molecule has 2 N–H and O–H groups in total. The van der Waals surface area contributed by atoms with Crippen LogP contribution in [0.3, 0.4) is 0 Å². The van der Waals surface area contributed by atoms with Crippen molar-refractivity contribution in [3.8, 4) is 0 Å². The molecule has 1 saturated heterocycles. The lowest BCUT2D eigenvalue weighted by molar-refractivity contribution is -0.129. The van der Waals surface area contributed by atoms with Gasteiger partial charge in [-0.25, -0.2) is 0 Å². The quantitative estimate of drug-likeness (QED) is 0.829. The number of aliphatic hydroxyl groups is 2. The van der Waals surface area contributed by atoms with Gasteiger partial charge in [0, 0.05) is 18.0 Å². The van der Waals surface area contributed by atoms with Gasteiger partial charge in [0.05, 0.1) is 18.6 Å². The lowest BCUT2D eigenvalue weighted by atomic mass is 9.79. The fraction of sp³-hybridized carbons (Fsp3) is 0.588. The minimum absolute atomic E-state index is 0.150. The Kier molecular flexibility index (Phi) is 4.76. The van der Waals surface area contributed by atoms with Gasteiger partial charge < -0.3 is 15.1 Å². The van der Waals surface area contributed by atoms with E-state index >= 15 is 0 Å². The second-order valence-corrected chi connectivity index (χ2v) is 7.33. The fourth-order valence-corrected chi connectivity index (χ4v) is 4.16. The molecular weight excluding hydrogens is 298 g/mol. The second-order valence-electron chi connectivity index (χ2n) is 6.45. The van der Waals surface area contributed by atoms with Crippen molar-refractivity contribution in [2.75, 3.05) is 19.3 Å². The third-order valence-corrected chi connectivity index (χ3v) is 5.68. The number of likely N-dealkylation sites (tertiary alicyclic amines) is 1. The first kappa shape index (κ1) is 15.8. The maximum Gasteiger partial charge on any atom is 0.227 e. The van der Waals surface area contributed by atoms with Crippen LogP contribution in [-0.4, -0.2) is 52.6 Å². The molecule has 1 aromatic carbocycles. The van der Waals surface area contributed by atoms with Crippen molar-refractivity contribution in [1.82, 2.24) is 4.90 Å². The molecule has 5 heteroatoms. The van der Waals surface area contributed by atoms with E-state index in [2.05, 4.69) is 6.07 Å². The van der Waals surface area contributed by atoms with Crippen LogP contribution in [0.5, 0.6) is 0 Å². The summed E-state index contributed by atoms with van der Waals surface area (Å²) in [6, 6.07) is 8.10. The molecule has 4 nitrogen and oxygen atoms in total. The van der Waals surface area contributed by atoms with Crippen LogP contribution in [-0.2, 0) is 11.2 Å². The van der Waals surface area contributed by atoms with Gasteiger partial charge in [-0.15, -0.1) is 11.8 Å². The van der Waals surface area contributed by atoms with Gasteiger partial charge in [0.1, 0.15) is 0 Å². The molecule has 1 aliphatic heterocycles. The summed E-state index contributed by atoms with van der Waals surface area (Å²) in [5.74, 6) is 0.816. The number of thioether (sulfide) groups is 1. The predicted octanol–water partition coefficient (Wildman–Crippen LogP) is 1.54. The van der Waals surface area contributed by atoms with Gasteiger partial charge in [-0.2, -0.15) is 0 Å². The van der Waals surface area contributed by atoms with Crippen LogP contribution in [0.1, 0.15) is 18.4 Å². The summed E-state index contributed by atoms with van der Waals surface area (Å²) in [4.78, 5) is 15.6. The van der Waals surface area contributed by atoms with Gasteiger partial charge in [0.2, 0.25) is 5.91 Å². The molecule has 120 valence electrons. The Morgan fingerprint density at radius 3 is 2.45 bits per heavy atom. The highest BCUT2D eigenvalue weighted by molar-refractivity contribution is 7.98. The van der Waals surface area contributed by atoms with E-state index < -0.39 is 12.2 Å². The summed E-state index contributed by atoms with van der Waals surface area (Å²) in [5.41, 5.74) is 1.05. The number of amides is 1. The maximum atomic E-state index is 12.5. The molecule has 2 fully saturated rings. The molecule has 0 unspecified atom stereocenters. The summed E-state index contributed by atoms with van der Waals surface area (Å²) in [6.07, 6.45) is 2.42. The van der Waals surface area contributed by atoms with Crippen molar-refractivity contribution in [3.63, 3.8) is 0 Å². The number of carbonyl (C=O) groups is 1. The van der Waals surface area contributed by atoms with Gasteiger partial charge in [0.15, 0.2) is 0 Å². The van der Waals surface area contributed by atoms with Crippen molar-refractivity contribution >= 4 is 17.7 Å². The number of nitrogens with zero attached hydrogens (tertiary/aromatic N) is 1. The number of benzene rings is 1. The molecule has 0 spiro atoms. The van der Waals surface area contributed by atoms with Crippen molar-refractivity contribution in [2.45, 2.75) is 36.4 Å². The molecule has 4 atom stereocenters. The number of rotatable bonds is 3. The Labute approximate surface area is 135 Å². The summed E-state index contributed by atoms with van der Waals surface area (Å²) < 4.78 is 0. The highest BCUT2D eigenvalue weighted by atomic mass is 32.2. The Morgan fingerprint density at radius 1 is 1.23 bits per heavy atom. The van der Waals surface area contributed by atoms with Crippen LogP contribution >= 0.6 is 11.8 Å². The second kappa shape index (κ2) is 6.60. The monoisotopic (exact) mass is 321 g/mol. The lowest BCUT2D eigenvalue weighted by Gasteiger charge is -2.31. The van der Waals surface area contributed by atoms with Crippen molar-refractivity contribution in [2.24, 2.45) is 11.8 Å². The third kappa shape index (κ3) is 3.31. The lowest BCUT2D eigenvalue weighted by Crippen LogP contribution is -2.38. The summed E-state index contributed by atoms with van der Waals surface area (Å²) in [5, 5.41) is 19.6. The number of aliphatic hydroxyl groups excluding tert-OH is 2. The third-order valence-electron chi connectivity index (χ3n) is 4.95. The van der Waals surface area contributed by atoms with Gasteiger partial charge in [-0.05, 0) is 48.6 Å². The van der Waals surface area contributed by atoms with E-state index in [0.29, 0.717) is 31.1 Å². The van der Waals surface area contributed by atoms with Gasteiger partial charge >= 0.3 is 0 Å². The fourth-order valence-electron chi connectivity index (χ4n) is 3.68. The van der Waals surface area contributed by atoms with E-state index in [9.17, 15) is 15.0 Å². The highest BCUT2D eigenvalue weighted by Crippen LogP contribution is 2.36. The standard InChI is InChI=1S/C17H23NO3S/c1-22-14-4-2-3-11(5-14)6-17(21)18-9-12-7-15(19)16(20)8-13(12)10-18/h2-5,12-13,15-16,19-20H,6-10H2,1H3/t12-,13+,15-,16-/m0/s1. The molecule has 3 rings (SSSR count). The molecule has 0 radical (unpaired) electrons. The van der Waals surface area contributed by atoms with E-state index in [0.717, 1.165) is 18.7 Å². The predicted molar refractivity (Wildman–Crippen MR) is 86.7 cm³/mol. The largest absolute Gasteiger partial charge is 0.390 e. The van der Waals surface area contributed by atoms with Gasteiger partial charge in [-0.3, -0.25) is 4.79 Å². The van der Waals surface area contributed by atoms with Gasteiger partial charge in [-0.1, -0.05) is 12.1 Å². The average molecular weight is 321 g/mol. The van der Waals surface area contributed by atoms with Crippen LogP contribution < -0.4 is 0 Å². The molecule has 1 saturated carbocycles. The van der Waals surface area contributed by atoms with E-state index in [1.54, 1.807) is 11.8 Å². The number of hydrogen-bond donors (Lipinski definition) is 2. The Morgan fingerprint density at radius 2 is 1.86 bits per heavy atom. The van der Waals surface area contributed by atoms with Crippen molar-refractivity contribution < 1.29 is 15.0 Å². The van der Waals surface area contributed by atoms with E-state index in [1.807, 2.05) is 29.4 Å². The molecule has 1 aromatic rings. The molecule has 1 heterocycles. The normalized spacial score (nSPS) is 31.1. The number of fused-ring (bicyclic) bond motifs is 1. The van der Waals surface area contributed by atoms with Crippen molar-refractivity contribution in [1.29, 1.82) is 0 Å². The first-order chi connectivity index (χ1) is 10.6. The molecule has 22 heavy (non-hydrogen) atoms. The summed E-state index contributed by atoms with van der Waals surface area (Å²) in [7, 11) is 0. The van der Waals surface area contributed by atoms with Crippen LogP contribution in [0.4, 0.5) is 0 Å². The Bertz CT molecular complexity index is 532. The van der Waals surface area contributed by atoms with Crippen LogP contribution in [0.15, 0.2) is 29.2 Å². The van der Waals surface area contributed by atoms with Crippen LogP contribution in [0, 0.1) is 11.8 Å². The zero-order valence-electron chi connectivity index (χ0n) is 12.8. The Balaban J connectivity index is 1.62. The number of carbonyl (C=O) groups excluding carboxylic acids is 1. The first-order valence-corrected chi connectivity index (χ1v) is 9.06. The molecular formula is C17H23NO3S. The molecule has 2 aliphatic rings. The summed E-state index contributed by atoms with van der Waals surface area (Å²) in [6.45, 7) is 1.44. The van der Waals surface area contributed by atoms with E-state index in [-0.39, 0.29) is 5.91 Å². The minimum Gasteiger partial charge on any atom is -0.390 e. The topological polar surface area (TPSA) is 60.8 Å². The van der Waals surface area contributed by atoms with E-state index in [1.165, 1.54) is 4.90 Å².